The fourth-order valence-electron chi connectivity index (χ4n) is 3.31. The number of hydrogen-bond donors (Lipinski definition) is 1. The van der Waals surface area contributed by atoms with Crippen molar-refractivity contribution in [1.29, 1.82) is 0 Å². The molecule has 0 saturated carbocycles. The quantitative estimate of drug-likeness (QED) is 0.800. The molecule has 2 heterocycles. The highest BCUT2D eigenvalue weighted by molar-refractivity contribution is 4.80. The van der Waals surface area contributed by atoms with Gasteiger partial charge in [0.05, 0.1) is 0 Å². The minimum atomic E-state index is 0.833. The summed E-state index contributed by atoms with van der Waals surface area (Å²) in [5, 5.41) is 3.52. The van der Waals surface area contributed by atoms with Crippen LogP contribution in [-0.2, 0) is 0 Å². The number of hydrogen-bond acceptors (Lipinski definition) is 3. The van der Waals surface area contributed by atoms with E-state index in [-0.39, 0.29) is 0 Å². The Balaban J connectivity index is 1.70. The van der Waals surface area contributed by atoms with E-state index in [2.05, 4.69) is 29.1 Å². The number of nitrogens with zero attached hydrogens (tertiary/aromatic N) is 2. The third-order valence-electron chi connectivity index (χ3n) is 4.57. The number of rotatable bonds is 4. The lowest BCUT2D eigenvalue weighted by molar-refractivity contribution is 0.113. The first-order valence-electron chi connectivity index (χ1n) is 7.43. The Kier molecular flexibility index (Phi) is 5.26. The maximum absolute atomic E-state index is 3.52. The van der Waals surface area contributed by atoms with Gasteiger partial charge in [0.2, 0.25) is 0 Å². The van der Waals surface area contributed by atoms with Gasteiger partial charge in [-0.15, -0.1) is 0 Å². The van der Waals surface area contributed by atoms with Crippen LogP contribution in [0.5, 0.6) is 0 Å². The minimum absolute atomic E-state index is 0.833. The van der Waals surface area contributed by atoms with E-state index >= 15 is 0 Å². The van der Waals surface area contributed by atoms with Gasteiger partial charge in [0.1, 0.15) is 0 Å². The molecule has 0 aromatic heterocycles. The van der Waals surface area contributed by atoms with Crippen molar-refractivity contribution in [1.82, 2.24) is 15.1 Å². The van der Waals surface area contributed by atoms with Gasteiger partial charge in [-0.05, 0) is 71.4 Å². The van der Waals surface area contributed by atoms with Gasteiger partial charge in [-0.1, -0.05) is 6.92 Å². The Morgan fingerprint density at radius 3 is 2.59 bits per heavy atom. The van der Waals surface area contributed by atoms with Crippen molar-refractivity contribution in [3.63, 3.8) is 0 Å². The molecule has 1 N–H and O–H groups in total. The minimum Gasteiger partial charge on any atom is -0.316 e. The van der Waals surface area contributed by atoms with Crippen molar-refractivity contribution >= 4 is 0 Å². The molecule has 1 unspecified atom stereocenters. The Bertz CT molecular complexity index is 206. The molecule has 0 amide bonds. The number of nitrogens with one attached hydrogen (secondary N) is 1. The SMILES string of the molecule is CCN1CCC(N(C)CC2CCCNC2)CC1. The number of piperidine rings is 2. The van der Waals surface area contributed by atoms with Crippen LogP contribution in [0.1, 0.15) is 32.6 Å². The average Bonchev–Trinajstić information content (AvgIpc) is 2.40. The molecule has 2 aliphatic rings. The maximum Gasteiger partial charge on any atom is 0.0117 e. The van der Waals surface area contributed by atoms with Crippen LogP contribution < -0.4 is 5.32 Å². The second-order valence-electron chi connectivity index (χ2n) is 5.82. The van der Waals surface area contributed by atoms with E-state index in [0.29, 0.717) is 0 Å². The van der Waals surface area contributed by atoms with Gasteiger partial charge < -0.3 is 15.1 Å². The molecule has 2 fully saturated rings. The summed E-state index contributed by atoms with van der Waals surface area (Å²) in [6.07, 6.45) is 5.52. The summed E-state index contributed by atoms with van der Waals surface area (Å²) in [5.41, 5.74) is 0. The first kappa shape index (κ1) is 13.3. The zero-order chi connectivity index (χ0) is 12.1. The predicted octanol–water partition coefficient (Wildman–Crippen LogP) is 1.40. The molecule has 3 nitrogen and oxygen atoms in total. The summed E-state index contributed by atoms with van der Waals surface area (Å²) in [4.78, 5) is 5.21. The third kappa shape index (κ3) is 3.94. The first-order valence-corrected chi connectivity index (χ1v) is 7.43. The normalized spacial score (nSPS) is 28.8. The molecule has 2 rings (SSSR count). The molecule has 17 heavy (non-hydrogen) atoms. The molecule has 0 aromatic carbocycles. The molecule has 2 saturated heterocycles. The Morgan fingerprint density at radius 2 is 2.00 bits per heavy atom. The van der Waals surface area contributed by atoms with Gasteiger partial charge in [0, 0.05) is 12.6 Å². The van der Waals surface area contributed by atoms with Crippen molar-refractivity contribution in [3.8, 4) is 0 Å². The van der Waals surface area contributed by atoms with Crippen molar-refractivity contribution in [2.24, 2.45) is 5.92 Å². The zero-order valence-electron chi connectivity index (χ0n) is 11.6. The molecule has 100 valence electrons. The van der Waals surface area contributed by atoms with Crippen LogP contribution in [0, 0.1) is 5.92 Å². The Labute approximate surface area is 107 Å². The van der Waals surface area contributed by atoms with Crippen LogP contribution in [0.4, 0.5) is 0 Å². The fraction of sp³-hybridized carbons (Fsp3) is 1.00. The van der Waals surface area contributed by atoms with Crippen molar-refractivity contribution in [2.45, 2.75) is 38.6 Å². The summed E-state index contributed by atoms with van der Waals surface area (Å²) in [5.74, 6) is 0.887. The second kappa shape index (κ2) is 6.72. The van der Waals surface area contributed by atoms with E-state index < -0.39 is 0 Å². The molecule has 3 heteroatoms. The molecular formula is C14H29N3. The molecule has 0 aromatic rings. The van der Waals surface area contributed by atoms with Gasteiger partial charge in [-0.3, -0.25) is 0 Å². The third-order valence-corrected chi connectivity index (χ3v) is 4.57. The summed E-state index contributed by atoms with van der Waals surface area (Å²) >= 11 is 0. The molecule has 1 atom stereocenters. The summed E-state index contributed by atoms with van der Waals surface area (Å²) in [7, 11) is 2.33. The van der Waals surface area contributed by atoms with E-state index in [1.165, 1.54) is 65.0 Å². The Morgan fingerprint density at radius 1 is 1.24 bits per heavy atom. The van der Waals surface area contributed by atoms with Crippen LogP contribution in [0.3, 0.4) is 0 Å². The highest BCUT2D eigenvalue weighted by Crippen LogP contribution is 2.18. The average molecular weight is 239 g/mol. The van der Waals surface area contributed by atoms with E-state index in [0.717, 1.165) is 12.0 Å². The maximum atomic E-state index is 3.52. The van der Waals surface area contributed by atoms with Crippen molar-refractivity contribution in [2.75, 3.05) is 46.3 Å². The first-order chi connectivity index (χ1) is 8.29. The van der Waals surface area contributed by atoms with Crippen LogP contribution in [0.25, 0.3) is 0 Å². The topological polar surface area (TPSA) is 18.5 Å². The molecule has 0 radical (unpaired) electrons. The molecule has 0 bridgehead atoms. The van der Waals surface area contributed by atoms with E-state index in [1.807, 2.05) is 0 Å². The second-order valence-corrected chi connectivity index (χ2v) is 5.82. The van der Waals surface area contributed by atoms with Crippen molar-refractivity contribution in [3.05, 3.63) is 0 Å². The van der Waals surface area contributed by atoms with Gasteiger partial charge in [0.25, 0.3) is 0 Å². The summed E-state index contributed by atoms with van der Waals surface area (Å²) < 4.78 is 0. The summed E-state index contributed by atoms with van der Waals surface area (Å²) in [6.45, 7) is 9.86. The smallest absolute Gasteiger partial charge is 0.0117 e. The highest BCUT2D eigenvalue weighted by Gasteiger charge is 2.24. The monoisotopic (exact) mass is 239 g/mol. The van der Waals surface area contributed by atoms with Gasteiger partial charge in [0.15, 0.2) is 0 Å². The van der Waals surface area contributed by atoms with Crippen LogP contribution >= 0.6 is 0 Å². The molecule has 0 spiro atoms. The largest absolute Gasteiger partial charge is 0.316 e. The van der Waals surface area contributed by atoms with Crippen LogP contribution in [-0.4, -0.2) is 62.2 Å². The molecule has 0 aliphatic carbocycles. The van der Waals surface area contributed by atoms with Crippen molar-refractivity contribution < 1.29 is 0 Å². The lowest BCUT2D eigenvalue weighted by Crippen LogP contribution is -2.46. The van der Waals surface area contributed by atoms with Crippen LogP contribution in [0.15, 0.2) is 0 Å². The highest BCUT2D eigenvalue weighted by atomic mass is 15.2. The Hall–Kier alpha value is -0.120. The van der Waals surface area contributed by atoms with Crippen LogP contribution in [0.2, 0.25) is 0 Å². The molecular weight excluding hydrogens is 210 g/mol. The van der Waals surface area contributed by atoms with E-state index in [4.69, 9.17) is 0 Å². The van der Waals surface area contributed by atoms with Gasteiger partial charge >= 0.3 is 0 Å². The van der Waals surface area contributed by atoms with E-state index in [9.17, 15) is 0 Å². The lowest BCUT2D eigenvalue weighted by atomic mass is 9.97. The lowest BCUT2D eigenvalue weighted by Gasteiger charge is -2.38. The summed E-state index contributed by atoms with van der Waals surface area (Å²) in [6, 6.07) is 0.833. The predicted molar refractivity (Wildman–Crippen MR) is 73.4 cm³/mol. The zero-order valence-corrected chi connectivity index (χ0v) is 11.6. The number of likely N-dealkylation sites (tertiary alicyclic amines) is 1. The fourth-order valence-corrected chi connectivity index (χ4v) is 3.31. The molecule has 2 aliphatic heterocycles. The standard InChI is InChI=1S/C14H29N3/c1-3-17-9-6-14(7-10-17)16(2)12-13-5-4-8-15-11-13/h13-15H,3-12H2,1-2H3. The van der Waals surface area contributed by atoms with Gasteiger partial charge in [-0.25, -0.2) is 0 Å². The van der Waals surface area contributed by atoms with E-state index in [1.54, 1.807) is 0 Å². The van der Waals surface area contributed by atoms with Gasteiger partial charge in [-0.2, -0.15) is 0 Å².